The molecule has 0 radical (unpaired) electrons. The number of aromatic nitrogens is 3. The highest BCUT2D eigenvalue weighted by molar-refractivity contribution is 14.1. The van der Waals surface area contributed by atoms with Gasteiger partial charge in [0.05, 0.1) is 46.0 Å². The number of hydrogen-bond acceptors (Lipinski definition) is 6. The predicted octanol–water partition coefficient (Wildman–Crippen LogP) is 7.43. The van der Waals surface area contributed by atoms with Gasteiger partial charge in [-0.15, -0.1) is 0 Å². The van der Waals surface area contributed by atoms with E-state index in [4.69, 9.17) is 14.5 Å². The van der Waals surface area contributed by atoms with Crippen molar-refractivity contribution >= 4 is 62.0 Å². The van der Waals surface area contributed by atoms with Crippen LogP contribution in [0, 0.1) is 0 Å². The number of aromatic amines is 1. The summed E-state index contributed by atoms with van der Waals surface area (Å²) >= 11 is 2.39. The minimum Gasteiger partial charge on any atom is -0.491 e. The zero-order valence-electron chi connectivity index (χ0n) is 27.0. The van der Waals surface area contributed by atoms with Crippen LogP contribution in [0.4, 0.5) is 0 Å². The lowest BCUT2D eigenvalue weighted by Crippen LogP contribution is -2.53. The third-order valence-electron chi connectivity index (χ3n) is 10.2. The fraction of sp³-hybridized carbons (Fsp3) is 0.342. The van der Waals surface area contributed by atoms with Gasteiger partial charge in [0.25, 0.3) is 5.91 Å². The molecule has 5 aromatic rings. The van der Waals surface area contributed by atoms with Crippen LogP contribution in [0.5, 0.6) is 5.75 Å². The first-order valence-electron chi connectivity index (χ1n) is 16.8. The Morgan fingerprint density at radius 2 is 1.88 bits per heavy atom. The Kier molecular flexibility index (Phi) is 8.24. The molecule has 0 saturated carbocycles. The smallest absolute Gasteiger partial charge is 0.337 e. The van der Waals surface area contributed by atoms with Crippen LogP contribution in [0.3, 0.4) is 0 Å². The summed E-state index contributed by atoms with van der Waals surface area (Å²) in [4.78, 5) is 37.4. The van der Waals surface area contributed by atoms with E-state index in [-0.39, 0.29) is 5.91 Å². The molecule has 4 heterocycles. The first-order valence-corrected chi connectivity index (χ1v) is 18.3. The van der Waals surface area contributed by atoms with Crippen LogP contribution < -0.4 is 10.1 Å². The van der Waals surface area contributed by atoms with Crippen LogP contribution in [-0.4, -0.2) is 62.7 Å². The van der Waals surface area contributed by atoms with Gasteiger partial charge < -0.3 is 24.3 Å². The van der Waals surface area contributed by atoms with Crippen molar-refractivity contribution in [2.75, 3.05) is 31.4 Å². The molecule has 8 rings (SSSR count). The second-order valence-corrected chi connectivity index (χ2v) is 13.7. The zero-order chi connectivity index (χ0) is 32.8. The van der Waals surface area contributed by atoms with Gasteiger partial charge in [-0.25, -0.2) is 9.78 Å². The summed E-state index contributed by atoms with van der Waals surface area (Å²) < 4.78 is 14.4. The minimum atomic E-state index is -0.695. The Morgan fingerprint density at radius 3 is 2.67 bits per heavy atom. The number of nitrogens with zero attached hydrogens (tertiary/aromatic N) is 3. The third kappa shape index (κ3) is 5.38. The Bertz CT molecular complexity index is 2090. The number of fused-ring (bicyclic) bond motifs is 6. The van der Waals surface area contributed by atoms with Gasteiger partial charge >= 0.3 is 5.97 Å². The van der Waals surface area contributed by atoms with E-state index in [1.165, 1.54) is 42.2 Å². The number of methoxy groups -OCH3 is 1. The van der Waals surface area contributed by atoms with Gasteiger partial charge in [0, 0.05) is 35.2 Å². The van der Waals surface area contributed by atoms with Gasteiger partial charge in [0.2, 0.25) is 0 Å². The van der Waals surface area contributed by atoms with Crippen molar-refractivity contribution in [3.05, 3.63) is 89.3 Å². The van der Waals surface area contributed by atoms with Gasteiger partial charge in [0.1, 0.15) is 23.7 Å². The number of hydrogen-bond donors (Lipinski definition) is 2. The SMILES string of the molecule is COC(=O)c1ccc2nc(C3(NC(=O)c4ccc5c(C6=CCCCC6)c6n(c5c4)CCOc4ccccc4-6)CCN(CI)CC3)[nH]c2c1. The maximum atomic E-state index is 14.4. The van der Waals surface area contributed by atoms with Gasteiger partial charge in [-0.1, -0.05) is 46.9 Å². The van der Waals surface area contributed by atoms with Crippen LogP contribution in [0.2, 0.25) is 0 Å². The van der Waals surface area contributed by atoms with Gasteiger partial charge in [-0.05, 0) is 86.6 Å². The highest BCUT2D eigenvalue weighted by Crippen LogP contribution is 2.45. The van der Waals surface area contributed by atoms with Crippen LogP contribution in [0.25, 0.3) is 38.8 Å². The number of ether oxygens (including phenoxy) is 2. The molecule has 1 saturated heterocycles. The fourth-order valence-corrected chi connectivity index (χ4v) is 8.36. The molecule has 0 unspecified atom stereocenters. The lowest BCUT2D eigenvalue weighted by Gasteiger charge is -2.40. The molecule has 0 bridgehead atoms. The zero-order valence-corrected chi connectivity index (χ0v) is 29.1. The summed E-state index contributed by atoms with van der Waals surface area (Å²) in [6.45, 7) is 2.91. The molecule has 1 aliphatic carbocycles. The fourth-order valence-electron chi connectivity index (χ4n) is 7.67. The van der Waals surface area contributed by atoms with Gasteiger partial charge in [-0.2, -0.15) is 0 Å². The van der Waals surface area contributed by atoms with Crippen molar-refractivity contribution < 1.29 is 19.1 Å². The van der Waals surface area contributed by atoms with E-state index in [1.807, 2.05) is 18.2 Å². The summed E-state index contributed by atoms with van der Waals surface area (Å²) in [6, 6.07) is 19.8. The number of likely N-dealkylation sites (tertiary alicyclic amines) is 1. The highest BCUT2D eigenvalue weighted by Gasteiger charge is 2.40. The molecule has 2 aromatic heterocycles. The number of alkyl halides is 1. The topological polar surface area (TPSA) is 101 Å². The maximum absolute atomic E-state index is 14.4. The van der Waals surface area contributed by atoms with Crippen LogP contribution >= 0.6 is 22.6 Å². The van der Waals surface area contributed by atoms with Crippen molar-refractivity contribution in [3.8, 4) is 17.0 Å². The number of halogens is 1. The summed E-state index contributed by atoms with van der Waals surface area (Å²) in [5.41, 5.74) is 7.83. The Hall–Kier alpha value is -4.16. The molecule has 0 spiro atoms. The van der Waals surface area contributed by atoms with Gasteiger partial charge in [-0.3, -0.25) is 9.69 Å². The number of amides is 1. The predicted molar refractivity (Wildman–Crippen MR) is 196 cm³/mol. The van der Waals surface area contributed by atoms with E-state index in [2.05, 4.69) is 78.8 Å². The van der Waals surface area contributed by atoms with Crippen molar-refractivity contribution in [1.29, 1.82) is 0 Å². The summed E-state index contributed by atoms with van der Waals surface area (Å²) in [7, 11) is 1.37. The molecule has 246 valence electrons. The largest absolute Gasteiger partial charge is 0.491 e. The Morgan fingerprint density at radius 1 is 1.04 bits per heavy atom. The number of H-pyrrole nitrogens is 1. The normalized spacial score (nSPS) is 17.6. The number of benzene rings is 3. The van der Waals surface area contributed by atoms with Crippen molar-refractivity contribution in [3.63, 3.8) is 0 Å². The third-order valence-corrected chi connectivity index (χ3v) is 11.2. The second kappa shape index (κ2) is 12.7. The van der Waals surface area contributed by atoms with Gasteiger partial charge in [0.15, 0.2) is 0 Å². The number of para-hydroxylation sites is 1. The minimum absolute atomic E-state index is 0.130. The lowest BCUT2D eigenvalue weighted by atomic mass is 9.86. The summed E-state index contributed by atoms with van der Waals surface area (Å²) in [6.07, 6.45) is 8.36. The molecule has 48 heavy (non-hydrogen) atoms. The number of allylic oxidation sites excluding steroid dienone is 2. The van der Waals surface area contributed by atoms with Crippen molar-refractivity contribution in [2.24, 2.45) is 0 Å². The Labute approximate surface area is 292 Å². The molecule has 1 amide bonds. The quantitative estimate of drug-likeness (QED) is 0.0810. The number of esters is 1. The molecule has 1 fully saturated rings. The average molecular weight is 756 g/mol. The number of rotatable bonds is 6. The molecule has 2 N–H and O–H groups in total. The van der Waals surface area contributed by atoms with E-state index in [1.54, 1.807) is 12.1 Å². The van der Waals surface area contributed by atoms with Crippen molar-refractivity contribution in [2.45, 2.75) is 50.6 Å². The van der Waals surface area contributed by atoms with E-state index in [0.29, 0.717) is 42.9 Å². The number of carbonyl (C=O) groups is 2. The van der Waals surface area contributed by atoms with Crippen LogP contribution in [0.15, 0.2) is 66.7 Å². The molecular formula is C38H38IN5O4. The molecular weight excluding hydrogens is 717 g/mol. The average Bonchev–Trinajstić information content (AvgIpc) is 3.65. The molecule has 3 aliphatic rings. The van der Waals surface area contributed by atoms with Crippen molar-refractivity contribution in [1.82, 2.24) is 24.8 Å². The first kappa shape index (κ1) is 31.1. The number of imidazole rings is 1. The summed E-state index contributed by atoms with van der Waals surface area (Å²) in [5.74, 6) is 1.08. The number of piperidine rings is 1. The molecule has 10 heteroatoms. The van der Waals surface area contributed by atoms with E-state index >= 15 is 0 Å². The van der Waals surface area contributed by atoms with Crippen LogP contribution in [-0.2, 0) is 16.8 Å². The highest BCUT2D eigenvalue weighted by atomic mass is 127. The second-order valence-electron chi connectivity index (χ2n) is 13.0. The van der Waals surface area contributed by atoms with E-state index < -0.39 is 11.5 Å². The maximum Gasteiger partial charge on any atom is 0.337 e. The molecule has 3 aromatic carbocycles. The van der Waals surface area contributed by atoms with E-state index in [0.717, 1.165) is 58.3 Å². The first-order chi connectivity index (χ1) is 23.5. The van der Waals surface area contributed by atoms with Crippen LogP contribution in [0.1, 0.15) is 70.6 Å². The number of nitrogens with one attached hydrogen (secondary N) is 2. The Balaban J connectivity index is 1.20. The monoisotopic (exact) mass is 755 g/mol. The standard InChI is InChI=1S/C38H38IN5O4/c1-47-36(46)26-12-14-29-30(21-26)41-37(40-29)38(15-17-43(23-39)18-16-38)42-35(45)25-11-13-27-31(22-25)44-19-20-48-32-10-6-5-9-28(32)34(44)33(27)24-7-3-2-4-8-24/h5-7,9-14,21-22H,2-4,8,15-20,23H2,1H3,(H,40,41)(H,42,45). The molecule has 2 aliphatic heterocycles. The molecule has 0 atom stereocenters. The lowest BCUT2D eigenvalue weighted by molar-refractivity contribution is 0.0600. The number of carbonyl (C=O) groups excluding carboxylic acids is 2. The molecule has 9 nitrogen and oxygen atoms in total. The van der Waals surface area contributed by atoms with E-state index in [9.17, 15) is 9.59 Å². The summed E-state index contributed by atoms with van der Waals surface area (Å²) in [5, 5.41) is 4.64.